The first-order valence-corrected chi connectivity index (χ1v) is 5.12. The van der Waals surface area contributed by atoms with Crippen LogP contribution < -0.4 is 4.90 Å². The van der Waals surface area contributed by atoms with Gasteiger partial charge in [0.2, 0.25) is 5.78 Å². The summed E-state index contributed by atoms with van der Waals surface area (Å²) in [6.07, 6.45) is 8.10. The topological polar surface area (TPSA) is 21.5 Å². The van der Waals surface area contributed by atoms with E-state index < -0.39 is 0 Å². The van der Waals surface area contributed by atoms with Gasteiger partial charge in [-0.15, -0.1) is 0 Å². The largest absolute Gasteiger partial charge is 0.299 e. The lowest BCUT2D eigenvalue weighted by atomic mass is 10.1. The molecule has 2 rings (SSSR count). The van der Waals surface area contributed by atoms with Crippen LogP contribution in [0.5, 0.6) is 0 Å². The molecule has 1 N–H and O–H groups in total. The van der Waals surface area contributed by atoms with Crippen LogP contribution in [0.25, 0.3) is 0 Å². The van der Waals surface area contributed by atoms with Gasteiger partial charge in [0.1, 0.15) is 13.1 Å². The van der Waals surface area contributed by atoms with Gasteiger partial charge in [-0.3, -0.25) is 9.69 Å². The zero-order chi connectivity index (χ0) is 10.5. The predicted octanol–water partition coefficient (Wildman–Crippen LogP) is 0.838. The third kappa shape index (κ3) is 2.64. The molecule has 0 fully saturated rings. The molecule has 0 spiro atoms. The fraction of sp³-hybridized carbons (Fsp3) is 0.154. The summed E-state index contributed by atoms with van der Waals surface area (Å²) in [5, 5.41) is 0. The average molecular weight is 200 g/mol. The highest BCUT2D eigenvalue weighted by Gasteiger charge is 2.13. The minimum Gasteiger partial charge on any atom is -0.299 e. The Labute approximate surface area is 89.5 Å². The van der Waals surface area contributed by atoms with Crippen molar-refractivity contribution >= 4 is 5.78 Å². The molecule has 1 aromatic carbocycles. The summed E-state index contributed by atoms with van der Waals surface area (Å²) < 4.78 is 0. The van der Waals surface area contributed by atoms with E-state index in [9.17, 15) is 4.79 Å². The fourth-order valence-corrected chi connectivity index (χ4v) is 1.62. The van der Waals surface area contributed by atoms with Crippen LogP contribution in [-0.2, 0) is 0 Å². The first-order chi connectivity index (χ1) is 7.36. The Morgan fingerprint density at radius 3 is 2.67 bits per heavy atom. The first kappa shape index (κ1) is 9.87. The first-order valence-electron chi connectivity index (χ1n) is 5.12. The summed E-state index contributed by atoms with van der Waals surface area (Å²) in [6, 6.07) is 9.45. The van der Waals surface area contributed by atoms with Crippen LogP contribution >= 0.6 is 0 Å². The molecular formula is C13H14NO+. The SMILES string of the molecule is O=C(C[NH+]1C=CC=CC1)c1ccccc1. The number of carbonyl (C=O) groups is 1. The van der Waals surface area contributed by atoms with Crippen molar-refractivity contribution in [3.05, 3.63) is 60.3 Å². The Balaban J connectivity index is 1.98. The number of Topliss-reactive ketones (excluding diaryl/α,β-unsaturated/α-hetero) is 1. The maximum atomic E-state index is 11.8. The highest BCUT2D eigenvalue weighted by molar-refractivity contribution is 5.96. The van der Waals surface area contributed by atoms with Crippen molar-refractivity contribution in [2.24, 2.45) is 0 Å². The maximum absolute atomic E-state index is 11.8. The molecule has 1 aliphatic rings. The molecule has 0 radical (unpaired) electrons. The molecule has 76 valence electrons. The molecule has 2 nitrogen and oxygen atoms in total. The van der Waals surface area contributed by atoms with Gasteiger partial charge >= 0.3 is 0 Å². The second kappa shape index (κ2) is 4.71. The molecule has 0 saturated heterocycles. The van der Waals surface area contributed by atoms with Crippen molar-refractivity contribution < 1.29 is 9.69 Å². The predicted molar refractivity (Wildman–Crippen MR) is 59.7 cm³/mol. The molecule has 0 bridgehead atoms. The Kier molecular flexibility index (Phi) is 3.10. The molecule has 1 aliphatic heterocycles. The minimum absolute atomic E-state index is 0.200. The minimum atomic E-state index is 0.200. The van der Waals surface area contributed by atoms with Crippen LogP contribution in [0.1, 0.15) is 10.4 Å². The fourth-order valence-electron chi connectivity index (χ4n) is 1.62. The number of quaternary nitrogens is 1. The number of nitrogens with one attached hydrogen (secondary N) is 1. The van der Waals surface area contributed by atoms with E-state index in [1.54, 1.807) is 0 Å². The standard InChI is InChI=1S/C13H13NO/c15-13(12-7-3-1-4-8-12)11-14-9-5-2-6-10-14/h1-9H,10-11H2/p+1. The Morgan fingerprint density at radius 1 is 1.20 bits per heavy atom. The molecule has 2 heteroatoms. The van der Waals surface area contributed by atoms with Gasteiger partial charge in [0.25, 0.3) is 0 Å². The second-order valence-electron chi connectivity index (χ2n) is 3.62. The highest BCUT2D eigenvalue weighted by atomic mass is 16.1. The van der Waals surface area contributed by atoms with E-state index >= 15 is 0 Å². The molecule has 1 aromatic rings. The van der Waals surface area contributed by atoms with Gasteiger partial charge in [-0.1, -0.05) is 36.4 Å². The highest BCUT2D eigenvalue weighted by Crippen LogP contribution is 1.98. The molecule has 15 heavy (non-hydrogen) atoms. The van der Waals surface area contributed by atoms with Gasteiger partial charge in [0.05, 0.1) is 6.20 Å². The summed E-state index contributed by atoms with van der Waals surface area (Å²) in [5.41, 5.74) is 0.799. The van der Waals surface area contributed by atoms with Crippen molar-refractivity contribution in [3.63, 3.8) is 0 Å². The van der Waals surface area contributed by atoms with Crippen LogP contribution in [-0.4, -0.2) is 18.9 Å². The molecule has 0 saturated carbocycles. The molecule has 0 aliphatic carbocycles. The molecule has 1 unspecified atom stereocenters. The summed E-state index contributed by atoms with van der Waals surface area (Å²) in [7, 11) is 0. The smallest absolute Gasteiger partial charge is 0.217 e. The van der Waals surface area contributed by atoms with Gasteiger partial charge in [0, 0.05) is 5.56 Å². The normalized spacial score (nSPS) is 19.1. The molecule has 0 amide bonds. The van der Waals surface area contributed by atoms with Gasteiger partial charge in [0.15, 0.2) is 0 Å². The Morgan fingerprint density at radius 2 is 2.00 bits per heavy atom. The molecular weight excluding hydrogens is 186 g/mol. The number of carbonyl (C=O) groups excluding carboxylic acids is 1. The van der Waals surface area contributed by atoms with Crippen molar-refractivity contribution in [2.75, 3.05) is 13.1 Å². The van der Waals surface area contributed by atoms with Crippen molar-refractivity contribution in [2.45, 2.75) is 0 Å². The number of ketones is 1. The number of rotatable bonds is 3. The number of hydrogen-bond donors (Lipinski definition) is 1. The third-order valence-electron chi connectivity index (χ3n) is 2.44. The van der Waals surface area contributed by atoms with Crippen LogP contribution in [0.4, 0.5) is 0 Å². The number of allylic oxidation sites excluding steroid dienone is 2. The molecule has 1 heterocycles. The number of hydrogen-bond acceptors (Lipinski definition) is 1. The van der Waals surface area contributed by atoms with Crippen molar-refractivity contribution in [1.29, 1.82) is 0 Å². The number of benzene rings is 1. The van der Waals surface area contributed by atoms with Crippen LogP contribution in [0, 0.1) is 0 Å². The van der Waals surface area contributed by atoms with Gasteiger partial charge < -0.3 is 0 Å². The van der Waals surface area contributed by atoms with E-state index in [-0.39, 0.29) is 5.78 Å². The molecule has 1 atom stereocenters. The van der Waals surface area contributed by atoms with Gasteiger partial charge in [-0.2, -0.15) is 0 Å². The van der Waals surface area contributed by atoms with Crippen LogP contribution in [0.3, 0.4) is 0 Å². The van der Waals surface area contributed by atoms with E-state index in [1.807, 2.05) is 48.7 Å². The monoisotopic (exact) mass is 200 g/mol. The van der Waals surface area contributed by atoms with E-state index in [1.165, 1.54) is 4.90 Å². The van der Waals surface area contributed by atoms with Gasteiger partial charge in [-0.05, 0) is 12.2 Å². The van der Waals surface area contributed by atoms with E-state index in [4.69, 9.17) is 0 Å². The van der Waals surface area contributed by atoms with Gasteiger partial charge in [-0.25, -0.2) is 0 Å². The quantitative estimate of drug-likeness (QED) is 0.717. The average Bonchev–Trinajstić information content (AvgIpc) is 2.31. The zero-order valence-corrected chi connectivity index (χ0v) is 8.52. The Hall–Kier alpha value is -1.67. The third-order valence-corrected chi connectivity index (χ3v) is 2.44. The van der Waals surface area contributed by atoms with Crippen molar-refractivity contribution in [1.82, 2.24) is 0 Å². The van der Waals surface area contributed by atoms with Crippen LogP contribution in [0.15, 0.2) is 54.8 Å². The lowest BCUT2D eigenvalue weighted by Gasteiger charge is -2.13. The van der Waals surface area contributed by atoms with Crippen molar-refractivity contribution in [3.8, 4) is 0 Å². The second-order valence-corrected chi connectivity index (χ2v) is 3.62. The zero-order valence-electron chi connectivity index (χ0n) is 8.52. The van der Waals surface area contributed by atoms with E-state index in [0.717, 1.165) is 12.1 Å². The lowest BCUT2D eigenvalue weighted by molar-refractivity contribution is -0.831. The van der Waals surface area contributed by atoms with E-state index in [2.05, 4.69) is 6.08 Å². The lowest BCUT2D eigenvalue weighted by Crippen LogP contribution is -3.08. The Bertz CT molecular complexity index is 392. The summed E-state index contributed by atoms with van der Waals surface area (Å²) in [5.74, 6) is 0.200. The maximum Gasteiger partial charge on any atom is 0.217 e. The summed E-state index contributed by atoms with van der Waals surface area (Å²) in [6.45, 7) is 1.43. The summed E-state index contributed by atoms with van der Waals surface area (Å²) in [4.78, 5) is 13.0. The van der Waals surface area contributed by atoms with E-state index in [0.29, 0.717) is 6.54 Å². The summed E-state index contributed by atoms with van der Waals surface area (Å²) >= 11 is 0. The molecule has 0 aromatic heterocycles. The van der Waals surface area contributed by atoms with Crippen LogP contribution in [0.2, 0.25) is 0 Å².